The van der Waals surface area contributed by atoms with Crippen molar-refractivity contribution in [1.82, 2.24) is 0 Å². The lowest BCUT2D eigenvalue weighted by Crippen LogP contribution is -1.97. The third kappa shape index (κ3) is 6.24. The number of alkyl halides is 1. The fraction of sp³-hybridized carbons (Fsp3) is 0.263. The van der Waals surface area contributed by atoms with Gasteiger partial charge in [0.25, 0.3) is 0 Å². The van der Waals surface area contributed by atoms with Crippen LogP contribution in [0.2, 0.25) is 0 Å². The van der Waals surface area contributed by atoms with E-state index in [1.165, 1.54) is 5.56 Å². The lowest BCUT2D eigenvalue weighted by atomic mass is 10.1. The molecule has 0 radical (unpaired) electrons. The van der Waals surface area contributed by atoms with Gasteiger partial charge in [0.2, 0.25) is 0 Å². The molecule has 114 valence electrons. The first kappa shape index (κ1) is 16.5. The molecule has 0 spiro atoms. The Kier molecular flexibility index (Phi) is 7.41. The number of rotatable bonds is 7. The molecule has 0 aliphatic rings. The Labute approximate surface area is 140 Å². The van der Waals surface area contributed by atoms with Crippen LogP contribution < -0.4 is 9.47 Å². The smallest absolute Gasteiger partial charge is 0.149 e. The van der Waals surface area contributed by atoms with Crippen LogP contribution in [0.15, 0.2) is 54.6 Å². The summed E-state index contributed by atoms with van der Waals surface area (Å²) >= 11 is 3.44. The van der Waals surface area contributed by atoms with Gasteiger partial charge in [0, 0.05) is 5.33 Å². The van der Waals surface area contributed by atoms with Crippen molar-refractivity contribution in [2.75, 3.05) is 18.5 Å². The van der Waals surface area contributed by atoms with Crippen LogP contribution in [0, 0.1) is 11.8 Å². The normalized spacial score (nSPS) is 9.68. The highest BCUT2D eigenvalue weighted by atomic mass is 79.9. The summed E-state index contributed by atoms with van der Waals surface area (Å²) in [5.41, 5.74) is 1.33. The molecule has 0 bridgehead atoms. The molecule has 0 N–H and O–H groups in total. The molecule has 0 saturated heterocycles. The molecule has 0 aliphatic heterocycles. The van der Waals surface area contributed by atoms with E-state index < -0.39 is 0 Å². The van der Waals surface area contributed by atoms with Crippen LogP contribution in [-0.4, -0.2) is 18.5 Å². The number of para-hydroxylation sites is 1. The average Bonchev–Trinajstić information content (AvgIpc) is 2.58. The molecule has 2 nitrogen and oxygen atoms in total. The van der Waals surface area contributed by atoms with E-state index in [-0.39, 0.29) is 0 Å². The Morgan fingerprint density at radius 2 is 1.36 bits per heavy atom. The maximum Gasteiger partial charge on any atom is 0.149 e. The van der Waals surface area contributed by atoms with Crippen LogP contribution in [0.5, 0.6) is 11.5 Å². The van der Waals surface area contributed by atoms with Crippen molar-refractivity contribution in [3.63, 3.8) is 0 Å². The van der Waals surface area contributed by atoms with E-state index in [0.717, 1.165) is 29.7 Å². The largest absolute Gasteiger partial charge is 0.481 e. The minimum Gasteiger partial charge on any atom is -0.481 e. The Balaban J connectivity index is 1.67. The van der Waals surface area contributed by atoms with E-state index in [2.05, 4.69) is 39.9 Å². The van der Waals surface area contributed by atoms with Crippen molar-refractivity contribution >= 4 is 15.9 Å². The van der Waals surface area contributed by atoms with Crippen molar-refractivity contribution in [1.29, 1.82) is 0 Å². The average molecular weight is 359 g/mol. The van der Waals surface area contributed by atoms with Crippen LogP contribution in [-0.2, 0) is 6.42 Å². The van der Waals surface area contributed by atoms with E-state index >= 15 is 0 Å². The first-order chi connectivity index (χ1) is 10.9. The monoisotopic (exact) mass is 358 g/mol. The van der Waals surface area contributed by atoms with Crippen LogP contribution in [0.3, 0.4) is 0 Å². The van der Waals surface area contributed by atoms with Gasteiger partial charge in [-0.05, 0) is 42.7 Å². The topological polar surface area (TPSA) is 18.5 Å². The molecule has 2 aromatic rings. The van der Waals surface area contributed by atoms with Gasteiger partial charge >= 0.3 is 0 Å². The van der Waals surface area contributed by atoms with Crippen molar-refractivity contribution < 1.29 is 9.47 Å². The van der Waals surface area contributed by atoms with Crippen molar-refractivity contribution in [2.24, 2.45) is 0 Å². The third-order valence-electron chi connectivity index (χ3n) is 3.01. The highest BCUT2D eigenvalue weighted by molar-refractivity contribution is 9.09. The fourth-order valence-corrected chi connectivity index (χ4v) is 2.16. The van der Waals surface area contributed by atoms with E-state index in [0.29, 0.717) is 13.2 Å². The van der Waals surface area contributed by atoms with Gasteiger partial charge < -0.3 is 9.47 Å². The molecule has 2 rings (SSSR count). The minimum atomic E-state index is 0.374. The van der Waals surface area contributed by atoms with Crippen LogP contribution >= 0.6 is 15.9 Å². The molecule has 22 heavy (non-hydrogen) atoms. The summed E-state index contributed by atoms with van der Waals surface area (Å²) in [6.45, 7) is 0.748. The lowest BCUT2D eigenvalue weighted by molar-refractivity contribution is 0.362. The van der Waals surface area contributed by atoms with E-state index in [1.807, 2.05) is 42.5 Å². The van der Waals surface area contributed by atoms with Gasteiger partial charge in [-0.2, -0.15) is 0 Å². The van der Waals surface area contributed by atoms with Gasteiger partial charge in [-0.1, -0.05) is 58.1 Å². The minimum absolute atomic E-state index is 0.374. The molecule has 0 atom stereocenters. The second kappa shape index (κ2) is 9.92. The molecule has 0 heterocycles. The van der Waals surface area contributed by atoms with Gasteiger partial charge in [-0.3, -0.25) is 0 Å². The molecule has 0 aliphatic carbocycles. The van der Waals surface area contributed by atoms with Crippen LogP contribution in [0.1, 0.15) is 12.0 Å². The summed E-state index contributed by atoms with van der Waals surface area (Å²) in [6, 6.07) is 17.8. The number of hydrogen-bond acceptors (Lipinski definition) is 2. The van der Waals surface area contributed by atoms with Crippen LogP contribution in [0.4, 0.5) is 0 Å². The number of aryl methyl sites for hydroxylation is 1. The van der Waals surface area contributed by atoms with Gasteiger partial charge in [-0.25, -0.2) is 0 Å². The van der Waals surface area contributed by atoms with Gasteiger partial charge in [0.15, 0.2) is 0 Å². The van der Waals surface area contributed by atoms with Crippen molar-refractivity contribution in [3.8, 4) is 23.3 Å². The summed E-state index contributed by atoms with van der Waals surface area (Å²) in [4.78, 5) is 0. The number of ether oxygens (including phenoxy) is 2. The summed E-state index contributed by atoms with van der Waals surface area (Å²) in [5.74, 6) is 7.57. The first-order valence-electron chi connectivity index (χ1n) is 7.30. The standard InChI is InChI=1S/C19H19BrO2/c20-14-6-7-17-10-12-19(13-11-17)22-16-5-4-15-21-18-8-2-1-3-9-18/h1-3,8-13H,6-7,14-16H2. The molecule has 0 fully saturated rings. The molecule has 2 aromatic carbocycles. The molecule has 0 unspecified atom stereocenters. The van der Waals surface area contributed by atoms with Crippen molar-refractivity contribution in [3.05, 3.63) is 60.2 Å². The van der Waals surface area contributed by atoms with E-state index in [9.17, 15) is 0 Å². The Hall–Kier alpha value is -1.92. The highest BCUT2D eigenvalue weighted by Gasteiger charge is 1.95. The molecular formula is C19H19BrO2. The summed E-state index contributed by atoms with van der Waals surface area (Å²) < 4.78 is 11.1. The fourth-order valence-electron chi connectivity index (χ4n) is 1.88. The van der Waals surface area contributed by atoms with Gasteiger partial charge in [-0.15, -0.1) is 0 Å². The second-order valence-corrected chi connectivity index (χ2v) is 5.47. The highest BCUT2D eigenvalue weighted by Crippen LogP contribution is 2.13. The summed E-state index contributed by atoms with van der Waals surface area (Å²) in [6.07, 6.45) is 2.23. The molecule has 3 heteroatoms. The predicted octanol–water partition coefficient (Wildman–Crippen LogP) is 4.48. The SMILES string of the molecule is BrCCCc1ccc(OCC#CCOc2ccccc2)cc1. The predicted molar refractivity (Wildman–Crippen MR) is 93.8 cm³/mol. The molecule has 0 aromatic heterocycles. The van der Waals surface area contributed by atoms with E-state index in [4.69, 9.17) is 9.47 Å². The van der Waals surface area contributed by atoms with E-state index in [1.54, 1.807) is 0 Å². The molecule has 0 amide bonds. The summed E-state index contributed by atoms with van der Waals surface area (Å²) in [5, 5.41) is 1.03. The summed E-state index contributed by atoms with van der Waals surface area (Å²) in [7, 11) is 0. The zero-order valence-electron chi connectivity index (χ0n) is 12.4. The zero-order valence-corrected chi connectivity index (χ0v) is 14.0. The maximum absolute atomic E-state index is 5.58. The third-order valence-corrected chi connectivity index (χ3v) is 3.57. The Morgan fingerprint density at radius 1 is 0.773 bits per heavy atom. The number of benzene rings is 2. The van der Waals surface area contributed by atoms with Crippen molar-refractivity contribution in [2.45, 2.75) is 12.8 Å². The Morgan fingerprint density at radius 3 is 1.95 bits per heavy atom. The number of hydrogen-bond donors (Lipinski definition) is 0. The Bertz CT molecular complexity index is 597. The molecule has 0 saturated carbocycles. The number of halogens is 1. The lowest BCUT2D eigenvalue weighted by Gasteiger charge is -2.04. The first-order valence-corrected chi connectivity index (χ1v) is 8.42. The molecular weight excluding hydrogens is 340 g/mol. The van der Waals surface area contributed by atoms with Gasteiger partial charge in [0.05, 0.1) is 0 Å². The maximum atomic E-state index is 5.58. The van der Waals surface area contributed by atoms with Crippen LogP contribution in [0.25, 0.3) is 0 Å². The zero-order chi connectivity index (χ0) is 15.5. The second-order valence-electron chi connectivity index (χ2n) is 4.68. The van der Waals surface area contributed by atoms with Gasteiger partial charge in [0.1, 0.15) is 24.7 Å². The quantitative estimate of drug-likeness (QED) is 0.536.